The summed E-state index contributed by atoms with van der Waals surface area (Å²) in [7, 11) is 1.59. The number of aromatic hydroxyl groups is 1. The molecule has 1 aliphatic rings. The number of benzene rings is 3. The first-order valence-corrected chi connectivity index (χ1v) is 14.5. The Balaban J connectivity index is 0.000000220. The van der Waals surface area contributed by atoms with E-state index >= 15 is 0 Å². The van der Waals surface area contributed by atoms with Crippen LogP contribution in [0.15, 0.2) is 62.4 Å². The van der Waals surface area contributed by atoms with Gasteiger partial charge < -0.3 is 9.66 Å². The number of rotatable bonds is 6. The average molecular weight is 575 g/mol. The fourth-order valence-electron chi connectivity index (χ4n) is 4.04. The van der Waals surface area contributed by atoms with Gasteiger partial charge >= 0.3 is 119 Å². The zero-order valence-electron chi connectivity index (χ0n) is 21.3. The van der Waals surface area contributed by atoms with Crippen molar-refractivity contribution in [3.63, 3.8) is 0 Å². The number of nitrogens with zero attached hydrogens (tertiary/aromatic N) is 2. The number of aryl methyl sites for hydroxylation is 2. The Labute approximate surface area is 234 Å². The second-order valence-electron chi connectivity index (χ2n) is 8.44. The third-order valence-corrected chi connectivity index (χ3v) is 7.71. The number of fused-ring (bicyclic) bond motifs is 2. The first-order chi connectivity index (χ1) is 18.8. The summed E-state index contributed by atoms with van der Waals surface area (Å²) in [6.07, 6.45) is 2.61. The zero-order chi connectivity index (χ0) is 29.8. The fraction of sp³-hybridized carbons (Fsp3) is 0.167. The number of phenols is 1. The molecule has 0 bridgehead atoms. The predicted molar refractivity (Wildman–Crippen MR) is 150 cm³/mol. The first kappa shape index (κ1) is 30.9. The number of phenolic OH excluding ortho intramolecular Hbond substituents is 1. The van der Waals surface area contributed by atoms with Crippen molar-refractivity contribution < 1.29 is 35.8 Å². The molecule has 3 aromatic rings. The molecule has 0 fully saturated rings. The van der Waals surface area contributed by atoms with Crippen molar-refractivity contribution in [2.45, 2.75) is 31.6 Å². The minimum absolute atomic E-state index is 0.0575. The van der Waals surface area contributed by atoms with E-state index in [9.17, 15) is 35.8 Å². The molecule has 0 aromatic heterocycles. The molecule has 0 unspecified atom stereocenters. The van der Waals surface area contributed by atoms with Crippen LogP contribution in [0.2, 0.25) is 0 Å². The molecule has 16 heteroatoms. The molecule has 4 radical (unpaired) electrons. The molecule has 2 N–H and O–H groups in total. The van der Waals surface area contributed by atoms with E-state index in [1.807, 2.05) is 19.9 Å². The van der Waals surface area contributed by atoms with Gasteiger partial charge in [-0.15, -0.1) is 0 Å². The molecule has 0 amide bonds. The third-order valence-electron chi connectivity index (χ3n) is 6.02. The first-order valence-electron chi connectivity index (χ1n) is 11.6. The van der Waals surface area contributed by atoms with Gasteiger partial charge in [0.25, 0.3) is 7.98 Å². The van der Waals surface area contributed by atoms with Crippen LogP contribution in [0.25, 0.3) is 16.8 Å². The van der Waals surface area contributed by atoms with Gasteiger partial charge in [0, 0.05) is 5.39 Å². The summed E-state index contributed by atoms with van der Waals surface area (Å²) >= 11 is 0. The number of ketones is 1. The van der Waals surface area contributed by atoms with Gasteiger partial charge in [0.2, 0.25) is 0 Å². The van der Waals surface area contributed by atoms with Crippen molar-refractivity contribution in [2.24, 2.45) is 10.1 Å². The van der Waals surface area contributed by atoms with E-state index in [1.165, 1.54) is 13.1 Å². The number of carbonyl (C=O) groups is 1. The second kappa shape index (κ2) is 12.3. The summed E-state index contributed by atoms with van der Waals surface area (Å²) in [4.78, 5) is 10.7. The quantitative estimate of drug-likeness (QED) is 0.251. The summed E-state index contributed by atoms with van der Waals surface area (Å²) in [6.45, 7) is 3.88. The van der Waals surface area contributed by atoms with Gasteiger partial charge in [0.05, 0.1) is 4.90 Å². The summed E-state index contributed by atoms with van der Waals surface area (Å²) in [5.41, 5.74) is 2.58. The topological polar surface area (TPSA) is 188 Å². The molecule has 11 nitrogen and oxygen atoms in total. The standard InChI is InChI=1S/C12H11B2NO4S.C12H11BN2O4S/c1-2-7-3-4-9-8(5-7)6-10(20(17,18)19)12(16)11(9)14-15-13;1-2-7-3-4-9-8(5-7)6-10(20(17,18)19)11(12(9)16)14-15-13/h3-6,15H,2H2,1H3,(H,17,18,19);3-6,16H,2H2,1H3,(H,17,18,19)/p-2. The number of carbonyl (C=O) groups excluding carboxylic acids is 1. The Bertz CT molecular complexity index is 1810. The Morgan fingerprint density at radius 1 is 0.975 bits per heavy atom. The van der Waals surface area contributed by atoms with Crippen LogP contribution in [-0.2, 0) is 37.9 Å². The summed E-state index contributed by atoms with van der Waals surface area (Å²) in [6, 6.07) is 11.6. The van der Waals surface area contributed by atoms with Crippen molar-refractivity contribution in [3.05, 3.63) is 69.6 Å². The van der Waals surface area contributed by atoms with Crippen LogP contribution in [0.3, 0.4) is 0 Å². The van der Waals surface area contributed by atoms with Crippen molar-refractivity contribution in [3.8, 4) is 5.75 Å². The molecule has 0 saturated carbocycles. The monoisotopic (exact) mass is 575 g/mol. The van der Waals surface area contributed by atoms with E-state index in [-0.39, 0.29) is 5.46 Å². The predicted octanol–water partition coefficient (Wildman–Crippen LogP) is 1.71. The van der Waals surface area contributed by atoms with Gasteiger partial charge in [0.1, 0.15) is 15.8 Å². The maximum absolute atomic E-state index is 12.1. The number of hydrogen-bond acceptors (Lipinski definition) is 11. The van der Waals surface area contributed by atoms with Crippen molar-refractivity contribution in [1.82, 2.24) is 5.14 Å². The van der Waals surface area contributed by atoms with Gasteiger partial charge in [-0.05, 0) is 23.4 Å². The molecule has 0 atom stereocenters. The van der Waals surface area contributed by atoms with Gasteiger partial charge in [-0.1, -0.05) is 25.1 Å². The molecule has 3 aromatic carbocycles. The SMILES string of the molecule is [B]N=Nc1c(S(=O)(=O)[O-])cc2cc(CC)ccc2c1O.[B]NB=C1C(=O)C(S(=O)(=O)[O-])=Cc2cc(CC)ccc21. The van der Waals surface area contributed by atoms with Crippen LogP contribution in [0, 0.1) is 0 Å². The maximum atomic E-state index is 12.1. The summed E-state index contributed by atoms with van der Waals surface area (Å²) < 4.78 is 67.4. The van der Waals surface area contributed by atoms with Crippen molar-refractivity contribution in [2.75, 3.05) is 0 Å². The van der Waals surface area contributed by atoms with Gasteiger partial charge in [0.15, 0.2) is 5.75 Å². The third kappa shape index (κ3) is 6.58. The molecule has 0 heterocycles. The molecule has 40 heavy (non-hydrogen) atoms. The molecule has 4 rings (SSSR count). The average Bonchev–Trinajstić information content (AvgIpc) is 2.90. The van der Waals surface area contributed by atoms with E-state index in [4.69, 9.17) is 16.0 Å². The van der Waals surface area contributed by atoms with Crippen LogP contribution in [-0.4, -0.2) is 65.3 Å². The zero-order valence-corrected chi connectivity index (χ0v) is 22.9. The summed E-state index contributed by atoms with van der Waals surface area (Å²) in [5, 5.41) is 19.4. The molecule has 0 saturated heterocycles. The van der Waals surface area contributed by atoms with E-state index < -0.39 is 47.3 Å². The van der Waals surface area contributed by atoms with Crippen LogP contribution in [0.1, 0.15) is 36.1 Å². The Hall–Kier alpha value is -3.59. The number of nitrogens with one attached hydrogen (secondary N) is 1. The Morgan fingerprint density at radius 3 is 2.15 bits per heavy atom. The molecular weight excluding hydrogens is 555 g/mol. The van der Waals surface area contributed by atoms with Crippen molar-refractivity contribution in [1.29, 1.82) is 0 Å². The fourth-order valence-corrected chi connectivity index (χ4v) is 5.29. The molecular formula is C24H20B3N3O8S2-2. The number of allylic oxidation sites excluding steroid dienone is 1. The second-order valence-corrected chi connectivity index (χ2v) is 11.1. The summed E-state index contributed by atoms with van der Waals surface area (Å²) in [5.74, 6) is -1.29. The molecule has 0 aliphatic heterocycles. The minimum atomic E-state index is -4.84. The van der Waals surface area contributed by atoms with Gasteiger partial charge in [-0.2, -0.15) is 5.11 Å². The van der Waals surface area contributed by atoms with E-state index in [1.54, 1.807) is 30.3 Å². The van der Waals surface area contributed by atoms with Crippen LogP contribution < -0.4 is 5.14 Å². The molecule has 0 spiro atoms. The molecule has 1 aliphatic carbocycles. The van der Waals surface area contributed by atoms with E-state index in [0.717, 1.165) is 30.0 Å². The number of Topliss-reactive ketones (excluding diaryl/α,β-unsaturated/α-hetero) is 1. The van der Waals surface area contributed by atoms with Gasteiger partial charge in [-0.25, -0.2) is 8.42 Å². The Kier molecular flexibility index (Phi) is 9.51. The van der Waals surface area contributed by atoms with Gasteiger partial charge in [-0.3, -0.25) is 5.03 Å². The molecule has 202 valence electrons. The van der Waals surface area contributed by atoms with Crippen LogP contribution in [0.4, 0.5) is 5.69 Å². The van der Waals surface area contributed by atoms with E-state index in [2.05, 4.69) is 15.3 Å². The van der Waals surface area contributed by atoms with Crippen LogP contribution in [0.5, 0.6) is 5.75 Å². The number of hydrogen-bond donors (Lipinski definition) is 2. The van der Waals surface area contributed by atoms with Crippen LogP contribution >= 0.6 is 0 Å². The Morgan fingerprint density at radius 2 is 1.60 bits per heavy atom. The van der Waals surface area contributed by atoms with E-state index in [0.29, 0.717) is 21.9 Å². The normalized spacial score (nSPS) is 14.3. The van der Waals surface area contributed by atoms with Crippen molar-refractivity contribution >= 4 is 77.0 Å².